The molecule has 0 aromatic carbocycles. The lowest BCUT2D eigenvalue weighted by molar-refractivity contribution is 0.234. The highest BCUT2D eigenvalue weighted by Crippen LogP contribution is 2.21. The molecule has 0 saturated heterocycles. The number of hydrogen-bond acceptors (Lipinski definition) is 3. The lowest BCUT2D eigenvalue weighted by atomic mass is 10.3. The molecule has 0 spiro atoms. The molecule has 3 nitrogen and oxygen atoms in total. The minimum Gasteiger partial charge on any atom is -0.473 e. The number of ether oxygens (including phenoxy) is 1. The van der Waals surface area contributed by atoms with Gasteiger partial charge in [0.2, 0.25) is 5.88 Å². The molecular weight excluding hydrogens is 200 g/mol. The van der Waals surface area contributed by atoms with E-state index in [-0.39, 0.29) is 6.10 Å². The van der Waals surface area contributed by atoms with Crippen LogP contribution in [0, 0.1) is 0 Å². The third-order valence-electron chi connectivity index (χ3n) is 1.92. The van der Waals surface area contributed by atoms with E-state index >= 15 is 0 Å². The van der Waals surface area contributed by atoms with Gasteiger partial charge in [0.25, 0.3) is 0 Å². The summed E-state index contributed by atoms with van der Waals surface area (Å²) in [6, 6.07) is 3.88. The van der Waals surface area contributed by atoms with E-state index in [0.29, 0.717) is 5.88 Å². The predicted octanol–water partition coefficient (Wildman–Crippen LogP) is 3.25. The zero-order valence-electron chi connectivity index (χ0n) is 10.4. The van der Waals surface area contributed by atoms with Crippen LogP contribution in [-0.4, -0.2) is 17.6 Å². The molecule has 0 fully saturated rings. The summed E-state index contributed by atoms with van der Waals surface area (Å²) >= 11 is 0. The lowest BCUT2D eigenvalue weighted by Crippen LogP contribution is -2.10. The van der Waals surface area contributed by atoms with Crippen molar-refractivity contribution in [1.29, 1.82) is 0 Å². The smallest absolute Gasteiger partial charge is 0.237 e. The summed E-state index contributed by atoms with van der Waals surface area (Å²) in [5, 5.41) is 3.29. The van der Waals surface area contributed by atoms with Crippen LogP contribution in [0.3, 0.4) is 0 Å². The Hall–Kier alpha value is -1.51. The Bertz CT molecular complexity index is 355. The van der Waals surface area contributed by atoms with Gasteiger partial charge < -0.3 is 10.1 Å². The fraction of sp³-hybridized carbons (Fsp3) is 0.462. The molecule has 88 valence electrons. The first-order valence-corrected chi connectivity index (χ1v) is 5.58. The Morgan fingerprint density at radius 1 is 1.50 bits per heavy atom. The van der Waals surface area contributed by atoms with Gasteiger partial charge in [-0.3, -0.25) is 0 Å². The first-order chi connectivity index (χ1) is 7.59. The molecule has 0 aliphatic carbocycles. The van der Waals surface area contributed by atoms with Crippen LogP contribution in [0.1, 0.15) is 27.7 Å². The van der Waals surface area contributed by atoms with Gasteiger partial charge in [0.1, 0.15) is 0 Å². The zero-order valence-corrected chi connectivity index (χ0v) is 10.4. The van der Waals surface area contributed by atoms with Crippen molar-refractivity contribution in [2.45, 2.75) is 33.8 Å². The molecule has 1 aromatic rings. The summed E-state index contributed by atoms with van der Waals surface area (Å²) in [6.07, 6.45) is 4.01. The number of anilines is 1. The van der Waals surface area contributed by atoms with Gasteiger partial charge in [-0.25, -0.2) is 4.98 Å². The van der Waals surface area contributed by atoms with Crippen LogP contribution < -0.4 is 10.1 Å². The largest absolute Gasteiger partial charge is 0.473 e. The van der Waals surface area contributed by atoms with E-state index < -0.39 is 0 Å². The lowest BCUT2D eigenvalue weighted by Gasteiger charge is -2.13. The Labute approximate surface area is 97.5 Å². The highest BCUT2D eigenvalue weighted by molar-refractivity contribution is 5.52. The monoisotopic (exact) mass is 220 g/mol. The van der Waals surface area contributed by atoms with Crippen LogP contribution in [0.4, 0.5) is 5.69 Å². The van der Waals surface area contributed by atoms with Crippen LogP contribution >= 0.6 is 0 Å². The number of nitrogens with one attached hydrogen (secondary N) is 1. The van der Waals surface area contributed by atoms with Crippen molar-refractivity contribution >= 4 is 5.69 Å². The molecule has 0 aliphatic heterocycles. The van der Waals surface area contributed by atoms with Crippen LogP contribution in [0.5, 0.6) is 5.88 Å². The molecule has 0 radical (unpaired) electrons. The van der Waals surface area contributed by atoms with Gasteiger partial charge in [-0.05, 0) is 39.8 Å². The number of nitrogens with zero attached hydrogens (tertiary/aromatic N) is 1. The van der Waals surface area contributed by atoms with Crippen molar-refractivity contribution < 1.29 is 4.74 Å². The van der Waals surface area contributed by atoms with E-state index in [1.807, 2.05) is 26.0 Å². The second-order valence-corrected chi connectivity index (χ2v) is 4.19. The maximum Gasteiger partial charge on any atom is 0.237 e. The number of allylic oxidation sites excluding steroid dienone is 1. The Morgan fingerprint density at radius 3 is 2.88 bits per heavy atom. The molecule has 0 unspecified atom stereocenters. The molecule has 0 bridgehead atoms. The maximum absolute atomic E-state index is 5.61. The van der Waals surface area contributed by atoms with E-state index in [4.69, 9.17) is 4.74 Å². The van der Waals surface area contributed by atoms with Crippen LogP contribution in [-0.2, 0) is 0 Å². The first-order valence-electron chi connectivity index (χ1n) is 5.58. The standard InChI is InChI=1S/C13H20N2O/c1-10(2)7-9-14-12-6-5-8-15-13(12)16-11(3)4/h5-8,11,14H,9H2,1-4H3. The number of pyridine rings is 1. The number of hydrogen-bond donors (Lipinski definition) is 1. The molecule has 16 heavy (non-hydrogen) atoms. The van der Waals surface area contributed by atoms with Crippen LogP contribution in [0.2, 0.25) is 0 Å². The average molecular weight is 220 g/mol. The van der Waals surface area contributed by atoms with E-state index in [1.54, 1.807) is 6.20 Å². The summed E-state index contributed by atoms with van der Waals surface area (Å²) in [5.41, 5.74) is 2.23. The molecule has 0 saturated carbocycles. The SMILES string of the molecule is CC(C)=CCNc1cccnc1OC(C)C. The molecule has 1 heterocycles. The van der Waals surface area contributed by atoms with Gasteiger partial charge in [0.15, 0.2) is 0 Å². The molecule has 1 aromatic heterocycles. The van der Waals surface area contributed by atoms with Gasteiger partial charge in [-0.15, -0.1) is 0 Å². The van der Waals surface area contributed by atoms with E-state index in [0.717, 1.165) is 12.2 Å². The first kappa shape index (κ1) is 12.6. The summed E-state index contributed by atoms with van der Waals surface area (Å²) in [4.78, 5) is 4.21. The fourth-order valence-electron chi connectivity index (χ4n) is 1.21. The number of rotatable bonds is 5. The summed E-state index contributed by atoms with van der Waals surface area (Å²) < 4.78 is 5.61. The molecular formula is C13H20N2O. The van der Waals surface area contributed by atoms with Crippen LogP contribution in [0.25, 0.3) is 0 Å². The van der Waals surface area contributed by atoms with Gasteiger partial charge in [-0.1, -0.05) is 11.6 Å². The Balaban J connectivity index is 2.67. The van der Waals surface area contributed by atoms with Gasteiger partial charge >= 0.3 is 0 Å². The summed E-state index contributed by atoms with van der Waals surface area (Å²) in [5.74, 6) is 0.666. The van der Waals surface area contributed by atoms with Crippen molar-refractivity contribution in [3.63, 3.8) is 0 Å². The van der Waals surface area contributed by atoms with Gasteiger partial charge in [0, 0.05) is 12.7 Å². The topological polar surface area (TPSA) is 34.2 Å². The molecule has 0 aliphatic rings. The van der Waals surface area contributed by atoms with Gasteiger partial charge in [-0.2, -0.15) is 0 Å². The highest BCUT2D eigenvalue weighted by Gasteiger charge is 2.04. The second-order valence-electron chi connectivity index (χ2n) is 4.19. The van der Waals surface area contributed by atoms with E-state index in [1.165, 1.54) is 5.57 Å². The van der Waals surface area contributed by atoms with Crippen molar-refractivity contribution in [3.05, 3.63) is 30.0 Å². The summed E-state index contributed by atoms with van der Waals surface area (Å²) in [6.45, 7) is 8.94. The van der Waals surface area contributed by atoms with E-state index in [2.05, 4.69) is 30.2 Å². The van der Waals surface area contributed by atoms with Crippen molar-refractivity contribution in [3.8, 4) is 5.88 Å². The predicted molar refractivity (Wildman–Crippen MR) is 67.9 cm³/mol. The van der Waals surface area contributed by atoms with Crippen molar-refractivity contribution in [1.82, 2.24) is 4.98 Å². The van der Waals surface area contributed by atoms with Crippen LogP contribution in [0.15, 0.2) is 30.0 Å². The van der Waals surface area contributed by atoms with E-state index in [9.17, 15) is 0 Å². The zero-order chi connectivity index (χ0) is 12.0. The summed E-state index contributed by atoms with van der Waals surface area (Å²) in [7, 11) is 0. The quantitative estimate of drug-likeness (QED) is 0.773. The van der Waals surface area contributed by atoms with Crippen molar-refractivity contribution in [2.75, 3.05) is 11.9 Å². The molecule has 0 atom stereocenters. The third kappa shape index (κ3) is 4.34. The molecule has 0 amide bonds. The Morgan fingerprint density at radius 2 is 2.25 bits per heavy atom. The molecule has 1 N–H and O–H groups in total. The van der Waals surface area contributed by atoms with Crippen molar-refractivity contribution in [2.24, 2.45) is 0 Å². The highest BCUT2D eigenvalue weighted by atomic mass is 16.5. The third-order valence-corrected chi connectivity index (χ3v) is 1.92. The second kappa shape index (κ2) is 6.16. The fourth-order valence-corrected chi connectivity index (χ4v) is 1.21. The maximum atomic E-state index is 5.61. The van der Waals surface area contributed by atoms with Gasteiger partial charge in [0.05, 0.1) is 11.8 Å². The Kier molecular flexibility index (Phi) is 4.83. The minimum absolute atomic E-state index is 0.138. The normalized spacial score (nSPS) is 10.1. The number of aromatic nitrogens is 1. The molecule has 3 heteroatoms. The average Bonchev–Trinajstić information content (AvgIpc) is 2.19. The molecule has 1 rings (SSSR count). The minimum atomic E-state index is 0.138.